The lowest BCUT2D eigenvalue weighted by molar-refractivity contribution is -0.203. The molecule has 1 atom stereocenters. The average molecular weight is 458 g/mol. The van der Waals surface area contributed by atoms with Crippen molar-refractivity contribution in [2.75, 3.05) is 0 Å². The fourth-order valence-corrected chi connectivity index (χ4v) is 3.16. The maximum Gasteiger partial charge on any atom is 0.493 e. The number of nitrogens with zero attached hydrogens (tertiary/aromatic N) is 1. The molecule has 0 heterocycles. The molecule has 1 rings (SSSR count). The van der Waals surface area contributed by atoms with Gasteiger partial charge >= 0.3 is 12.1 Å². The van der Waals surface area contributed by atoms with Crippen molar-refractivity contribution >= 4 is 17.7 Å². The summed E-state index contributed by atoms with van der Waals surface area (Å²) in [5.41, 5.74) is 3.60. The SMILES string of the molecule is CCCCCC[C@@H](CCC)C(=O)NCc1cccc(CN=C(C)NOC(=O)C(F)(F)F)c1. The normalized spacial score (nSPS) is 12.9. The van der Waals surface area contributed by atoms with E-state index in [0.717, 1.165) is 43.2 Å². The minimum atomic E-state index is -5.07. The quantitative estimate of drug-likeness (QED) is 0.195. The first-order chi connectivity index (χ1) is 15.2. The molecule has 9 heteroatoms. The van der Waals surface area contributed by atoms with E-state index in [0.29, 0.717) is 6.54 Å². The predicted molar refractivity (Wildman–Crippen MR) is 118 cm³/mol. The number of amidine groups is 1. The third kappa shape index (κ3) is 11.2. The number of hydrogen-bond acceptors (Lipinski definition) is 4. The summed E-state index contributed by atoms with van der Waals surface area (Å²) in [4.78, 5) is 31.3. The first-order valence-corrected chi connectivity index (χ1v) is 11.1. The van der Waals surface area contributed by atoms with E-state index in [-0.39, 0.29) is 24.2 Å². The summed E-state index contributed by atoms with van der Waals surface area (Å²) in [5, 5.41) is 3.01. The minimum Gasteiger partial charge on any atom is -0.352 e. The molecule has 0 aliphatic carbocycles. The molecule has 0 radical (unpaired) electrons. The summed E-state index contributed by atoms with van der Waals surface area (Å²) in [5.74, 6) is -2.21. The van der Waals surface area contributed by atoms with Crippen LogP contribution < -0.4 is 10.8 Å². The van der Waals surface area contributed by atoms with Crippen LogP contribution in [-0.4, -0.2) is 23.9 Å². The fraction of sp³-hybridized carbons (Fsp3) is 0.609. The van der Waals surface area contributed by atoms with Crippen molar-refractivity contribution in [3.05, 3.63) is 35.4 Å². The van der Waals surface area contributed by atoms with Gasteiger partial charge in [0.25, 0.3) is 0 Å². The Morgan fingerprint density at radius 1 is 1.06 bits per heavy atom. The molecule has 0 aliphatic rings. The van der Waals surface area contributed by atoms with Gasteiger partial charge in [-0.3, -0.25) is 9.79 Å². The smallest absolute Gasteiger partial charge is 0.352 e. The zero-order valence-corrected chi connectivity index (χ0v) is 19.1. The van der Waals surface area contributed by atoms with E-state index in [1.165, 1.54) is 19.8 Å². The molecule has 0 spiro atoms. The molecule has 0 unspecified atom stereocenters. The van der Waals surface area contributed by atoms with E-state index in [2.05, 4.69) is 29.0 Å². The molecule has 1 aromatic rings. The van der Waals surface area contributed by atoms with Gasteiger partial charge in [-0.2, -0.15) is 13.2 Å². The van der Waals surface area contributed by atoms with Crippen LogP contribution in [0.2, 0.25) is 0 Å². The Morgan fingerprint density at radius 3 is 2.44 bits per heavy atom. The fourth-order valence-electron chi connectivity index (χ4n) is 3.16. The van der Waals surface area contributed by atoms with Crippen LogP contribution in [0.4, 0.5) is 13.2 Å². The number of carbonyl (C=O) groups excluding carboxylic acids is 2. The van der Waals surface area contributed by atoms with Gasteiger partial charge in [-0.05, 0) is 30.9 Å². The number of nitrogens with one attached hydrogen (secondary N) is 2. The van der Waals surface area contributed by atoms with Crippen LogP contribution in [0.25, 0.3) is 0 Å². The summed E-state index contributed by atoms with van der Waals surface area (Å²) in [6.45, 7) is 6.21. The topological polar surface area (TPSA) is 79.8 Å². The molecular formula is C23H34F3N3O3. The molecule has 1 aromatic carbocycles. The third-order valence-electron chi connectivity index (χ3n) is 4.89. The molecule has 0 bridgehead atoms. The highest BCUT2D eigenvalue weighted by atomic mass is 19.4. The molecule has 180 valence electrons. The average Bonchev–Trinajstić information content (AvgIpc) is 2.76. The predicted octanol–water partition coefficient (Wildman–Crippen LogP) is 5.22. The molecule has 0 saturated heterocycles. The number of carbonyl (C=O) groups is 2. The van der Waals surface area contributed by atoms with Crippen molar-refractivity contribution in [1.29, 1.82) is 0 Å². The van der Waals surface area contributed by atoms with Gasteiger partial charge in [0.05, 0.1) is 6.54 Å². The molecular weight excluding hydrogens is 423 g/mol. The highest BCUT2D eigenvalue weighted by Crippen LogP contribution is 2.17. The van der Waals surface area contributed by atoms with Crippen LogP contribution >= 0.6 is 0 Å². The van der Waals surface area contributed by atoms with E-state index < -0.39 is 12.1 Å². The van der Waals surface area contributed by atoms with Crippen molar-refractivity contribution in [2.24, 2.45) is 10.9 Å². The van der Waals surface area contributed by atoms with Crippen molar-refractivity contribution in [2.45, 2.75) is 85.0 Å². The van der Waals surface area contributed by atoms with Crippen molar-refractivity contribution in [3.8, 4) is 0 Å². The summed E-state index contributed by atoms with van der Waals surface area (Å²) in [6, 6.07) is 7.40. The standard InChI is InChI=1S/C23H34F3N3O3/c1-4-6-7-8-13-20(10-5-2)21(30)28-16-19-12-9-11-18(14-19)15-27-17(3)29-32-22(31)23(24,25)26/h9,11-12,14,20H,4-8,10,13,15-16H2,1-3H3,(H,27,29)(H,28,30)/t20-/m1/s1. The monoisotopic (exact) mass is 457 g/mol. The lowest BCUT2D eigenvalue weighted by atomic mass is 9.95. The second-order valence-electron chi connectivity index (χ2n) is 7.76. The zero-order valence-electron chi connectivity index (χ0n) is 19.1. The van der Waals surface area contributed by atoms with Crippen molar-refractivity contribution < 1.29 is 27.6 Å². The maximum atomic E-state index is 12.6. The Balaban J connectivity index is 2.55. The van der Waals surface area contributed by atoms with E-state index >= 15 is 0 Å². The van der Waals surface area contributed by atoms with Crippen LogP contribution in [-0.2, 0) is 27.5 Å². The van der Waals surface area contributed by atoms with Gasteiger partial charge in [0.15, 0.2) is 0 Å². The Labute approximate surface area is 188 Å². The van der Waals surface area contributed by atoms with Crippen LogP contribution in [0.1, 0.15) is 76.8 Å². The van der Waals surface area contributed by atoms with Gasteiger partial charge < -0.3 is 10.2 Å². The number of amides is 1. The number of unbranched alkanes of at least 4 members (excludes halogenated alkanes) is 3. The Morgan fingerprint density at radius 2 is 1.78 bits per heavy atom. The zero-order chi connectivity index (χ0) is 24.0. The van der Waals surface area contributed by atoms with Crippen LogP contribution in [0.3, 0.4) is 0 Å². The van der Waals surface area contributed by atoms with Gasteiger partial charge in [-0.25, -0.2) is 10.3 Å². The summed E-state index contributed by atoms with van der Waals surface area (Å²) >= 11 is 0. The van der Waals surface area contributed by atoms with Gasteiger partial charge in [0.2, 0.25) is 5.91 Å². The lowest BCUT2D eigenvalue weighted by Crippen LogP contribution is -2.33. The summed E-state index contributed by atoms with van der Waals surface area (Å²) in [6.07, 6.45) is 2.23. The van der Waals surface area contributed by atoms with Crippen molar-refractivity contribution in [3.63, 3.8) is 0 Å². The van der Waals surface area contributed by atoms with Crippen LogP contribution in [0, 0.1) is 5.92 Å². The third-order valence-corrected chi connectivity index (χ3v) is 4.89. The lowest BCUT2D eigenvalue weighted by Gasteiger charge is -2.16. The van der Waals surface area contributed by atoms with Crippen LogP contribution in [0.15, 0.2) is 29.3 Å². The number of benzene rings is 1. The van der Waals surface area contributed by atoms with Crippen LogP contribution in [0.5, 0.6) is 0 Å². The van der Waals surface area contributed by atoms with Gasteiger partial charge in [0, 0.05) is 12.5 Å². The Bertz CT molecular complexity index is 751. The number of aliphatic imine (C=N–C) groups is 1. The largest absolute Gasteiger partial charge is 0.493 e. The molecule has 0 saturated carbocycles. The molecule has 0 aromatic heterocycles. The number of halogens is 3. The maximum absolute atomic E-state index is 12.6. The highest BCUT2D eigenvalue weighted by Gasteiger charge is 2.41. The number of alkyl halides is 3. The molecule has 2 N–H and O–H groups in total. The molecule has 6 nitrogen and oxygen atoms in total. The molecule has 1 amide bonds. The summed E-state index contributed by atoms with van der Waals surface area (Å²) in [7, 11) is 0. The van der Waals surface area contributed by atoms with E-state index in [4.69, 9.17) is 0 Å². The van der Waals surface area contributed by atoms with Gasteiger partial charge in [0.1, 0.15) is 5.84 Å². The second kappa shape index (κ2) is 14.5. The number of hydroxylamine groups is 1. The number of rotatable bonds is 12. The van der Waals surface area contributed by atoms with E-state index in [1.54, 1.807) is 0 Å². The Kier molecular flexibility index (Phi) is 12.4. The Hall–Kier alpha value is -2.58. The second-order valence-corrected chi connectivity index (χ2v) is 7.76. The minimum absolute atomic E-state index is 0.0257. The molecule has 0 fully saturated rings. The first kappa shape index (κ1) is 27.5. The van der Waals surface area contributed by atoms with E-state index in [9.17, 15) is 22.8 Å². The van der Waals surface area contributed by atoms with Gasteiger partial charge in [-0.15, -0.1) is 0 Å². The number of hydrogen-bond donors (Lipinski definition) is 2. The molecule has 32 heavy (non-hydrogen) atoms. The summed E-state index contributed by atoms with van der Waals surface area (Å²) < 4.78 is 36.4. The van der Waals surface area contributed by atoms with Gasteiger partial charge in [-0.1, -0.05) is 70.2 Å². The highest BCUT2D eigenvalue weighted by molar-refractivity contribution is 5.82. The van der Waals surface area contributed by atoms with E-state index in [1.807, 2.05) is 29.7 Å². The first-order valence-electron chi connectivity index (χ1n) is 11.1. The van der Waals surface area contributed by atoms with Crippen molar-refractivity contribution in [1.82, 2.24) is 10.8 Å². The molecule has 0 aliphatic heterocycles.